The van der Waals surface area contributed by atoms with Crippen molar-refractivity contribution in [3.63, 3.8) is 0 Å². The molecule has 0 aliphatic carbocycles. The van der Waals surface area contributed by atoms with E-state index < -0.39 is 0 Å². The van der Waals surface area contributed by atoms with E-state index in [2.05, 4.69) is 22.3 Å². The summed E-state index contributed by atoms with van der Waals surface area (Å²) in [6, 6.07) is 15.5. The van der Waals surface area contributed by atoms with Crippen LogP contribution in [0.15, 0.2) is 48.5 Å². The topological polar surface area (TPSA) is 58.4 Å². The van der Waals surface area contributed by atoms with Crippen molar-refractivity contribution < 1.29 is 4.79 Å². The van der Waals surface area contributed by atoms with Crippen molar-refractivity contribution in [1.29, 1.82) is 0 Å². The summed E-state index contributed by atoms with van der Waals surface area (Å²) < 4.78 is 0. The highest BCUT2D eigenvalue weighted by molar-refractivity contribution is 5.96. The van der Waals surface area contributed by atoms with Gasteiger partial charge in [0.05, 0.1) is 17.9 Å². The third-order valence-corrected chi connectivity index (χ3v) is 3.55. The monoisotopic (exact) mass is 267 g/mol. The molecule has 3 N–H and O–H groups in total. The molecule has 0 spiro atoms. The molecule has 0 atom stereocenters. The number of nitrogens with one attached hydrogen (secondary N) is 1. The summed E-state index contributed by atoms with van der Waals surface area (Å²) in [7, 11) is 0. The number of benzene rings is 2. The molecule has 0 saturated carbocycles. The fraction of sp³-hybridized carbons (Fsp3) is 0.188. The Balaban J connectivity index is 1.68. The van der Waals surface area contributed by atoms with Crippen LogP contribution in [0.2, 0.25) is 0 Å². The van der Waals surface area contributed by atoms with E-state index in [1.807, 2.05) is 30.3 Å². The standard InChI is InChI=1S/C16H17N3O/c17-13-6-2-3-7-14(13)18-16(20)11-19-10-9-12-5-1-4-8-15(12)19/h1-8H,9-11,17H2,(H,18,20). The van der Waals surface area contributed by atoms with Crippen molar-refractivity contribution in [1.82, 2.24) is 0 Å². The molecule has 1 heterocycles. The van der Waals surface area contributed by atoms with Gasteiger partial charge < -0.3 is 16.0 Å². The van der Waals surface area contributed by atoms with Gasteiger partial charge in [0.15, 0.2) is 0 Å². The first-order valence-corrected chi connectivity index (χ1v) is 6.71. The van der Waals surface area contributed by atoms with Gasteiger partial charge in [0, 0.05) is 12.2 Å². The van der Waals surface area contributed by atoms with E-state index >= 15 is 0 Å². The van der Waals surface area contributed by atoms with Crippen molar-refractivity contribution in [2.75, 3.05) is 29.0 Å². The van der Waals surface area contributed by atoms with Gasteiger partial charge >= 0.3 is 0 Å². The van der Waals surface area contributed by atoms with Crippen molar-refractivity contribution in [2.24, 2.45) is 0 Å². The van der Waals surface area contributed by atoms with Crippen LogP contribution in [0.5, 0.6) is 0 Å². The molecule has 20 heavy (non-hydrogen) atoms. The molecular weight excluding hydrogens is 250 g/mol. The maximum absolute atomic E-state index is 12.1. The minimum absolute atomic E-state index is 0.0420. The normalized spacial score (nSPS) is 13.1. The quantitative estimate of drug-likeness (QED) is 0.839. The highest BCUT2D eigenvalue weighted by Crippen LogP contribution is 2.27. The minimum Gasteiger partial charge on any atom is -0.397 e. The van der Waals surface area contributed by atoms with Crippen LogP contribution >= 0.6 is 0 Å². The van der Waals surface area contributed by atoms with E-state index in [1.54, 1.807) is 6.07 Å². The zero-order valence-corrected chi connectivity index (χ0v) is 11.2. The summed E-state index contributed by atoms with van der Waals surface area (Å²) in [5.74, 6) is -0.0420. The number of carbonyl (C=O) groups excluding carboxylic acids is 1. The van der Waals surface area contributed by atoms with Gasteiger partial charge in [-0.1, -0.05) is 30.3 Å². The van der Waals surface area contributed by atoms with E-state index in [0.717, 1.165) is 18.7 Å². The SMILES string of the molecule is Nc1ccccc1NC(=O)CN1CCc2ccccc21. The average Bonchev–Trinajstić information content (AvgIpc) is 2.85. The van der Waals surface area contributed by atoms with Gasteiger partial charge in [-0.2, -0.15) is 0 Å². The van der Waals surface area contributed by atoms with Gasteiger partial charge in [0.2, 0.25) is 5.91 Å². The molecule has 102 valence electrons. The smallest absolute Gasteiger partial charge is 0.243 e. The molecule has 0 radical (unpaired) electrons. The predicted molar refractivity (Wildman–Crippen MR) is 81.8 cm³/mol. The molecule has 1 amide bonds. The summed E-state index contributed by atoms with van der Waals surface area (Å²) in [6.07, 6.45) is 0.997. The van der Waals surface area contributed by atoms with E-state index in [0.29, 0.717) is 17.9 Å². The second kappa shape index (κ2) is 5.25. The Labute approximate surface area is 118 Å². The van der Waals surface area contributed by atoms with Gasteiger partial charge in [0.1, 0.15) is 0 Å². The van der Waals surface area contributed by atoms with Crippen molar-refractivity contribution in [2.45, 2.75) is 6.42 Å². The molecule has 0 saturated heterocycles. The molecule has 3 rings (SSSR count). The Bertz CT molecular complexity index is 639. The molecule has 1 aliphatic heterocycles. The van der Waals surface area contributed by atoms with Gasteiger partial charge in [-0.3, -0.25) is 4.79 Å². The highest BCUT2D eigenvalue weighted by Gasteiger charge is 2.20. The largest absolute Gasteiger partial charge is 0.397 e. The average molecular weight is 267 g/mol. The number of nitrogens with zero attached hydrogens (tertiary/aromatic N) is 1. The van der Waals surface area contributed by atoms with E-state index in [1.165, 1.54) is 5.56 Å². The second-order valence-corrected chi connectivity index (χ2v) is 4.94. The summed E-state index contributed by atoms with van der Waals surface area (Å²) in [5.41, 5.74) is 9.54. The fourth-order valence-corrected chi connectivity index (χ4v) is 2.54. The summed E-state index contributed by atoms with van der Waals surface area (Å²) in [4.78, 5) is 14.2. The third kappa shape index (κ3) is 2.45. The molecule has 0 bridgehead atoms. The molecule has 2 aromatic carbocycles. The molecule has 4 heteroatoms. The van der Waals surface area contributed by atoms with E-state index in [-0.39, 0.29) is 5.91 Å². The van der Waals surface area contributed by atoms with Crippen molar-refractivity contribution >= 4 is 23.0 Å². The number of rotatable bonds is 3. The Hall–Kier alpha value is -2.49. The molecule has 1 aliphatic rings. The van der Waals surface area contributed by atoms with Gasteiger partial charge in [-0.05, 0) is 30.2 Å². The number of amides is 1. The Morgan fingerprint density at radius 3 is 2.75 bits per heavy atom. The van der Waals surface area contributed by atoms with Crippen LogP contribution in [0.4, 0.5) is 17.1 Å². The van der Waals surface area contributed by atoms with Crippen LogP contribution in [0, 0.1) is 0 Å². The molecule has 2 aromatic rings. The lowest BCUT2D eigenvalue weighted by atomic mass is 10.2. The minimum atomic E-state index is -0.0420. The van der Waals surface area contributed by atoms with Gasteiger partial charge in [-0.15, -0.1) is 0 Å². The molecule has 0 unspecified atom stereocenters. The van der Waals surface area contributed by atoms with Crippen molar-refractivity contribution in [3.8, 4) is 0 Å². The maximum Gasteiger partial charge on any atom is 0.243 e. The van der Waals surface area contributed by atoms with E-state index in [9.17, 15) is 4.79 Å². The van der Waals surface area contributed by atoms with Gasteiger partial charge in [0.25, 0.3) is 0 Å². The van der Waals surface area contributed by atoms with Crippen LogP contribution < -0.4 is 16.0 Å². The lowest BCUT2D eigenvalue weighted by Gasteiger charge is -2.19. The molecule has 4 nitrogen and oxygen atoms in total. The predicted octanol–water partition coefficient (Wildman–Crippen LogP) is 2.27. The number of anilines is 3. The zero-order valence-electron chi connectivity index (χ0n) is 11.2. The Morgan fingerprint density at radius 1 is 1.15 bits per heavy atom. The van der Waals surface area contributed by atoms with Crippen LogP contribution in [-0.2, 0) is 11.2 Å². The number of carbonyl (C=O) groups is 1. The van der Waals surface area contributed by atoms with Crippen molar-refractivity contribution in [3.05, 3.63) is 54.1 Å². The molecular formula is C16H17N3O. The first kappa shape index (κ1) is 12.5. The number of nitrogen functional groups attached to an aromatic ring is 1. The Kier molecular flexibility index (Phi) is 3.29. The van der Waals surface area contributed by atoms with Crippen LogP contribution in [-0.4, -0.2) is 19.0 Å². The van der Waals surface area contributed by atoms with Crippen LogP contribution in [0.1, 0.15) is 5.56 Å². The number of nitrogens with two attached hydrogens (primary N) is 1. The lowest BCUT2D eigenvalue weighted by Crippen LogP contribution is -2.32. The summed E-state index contributed by atoms with van der Waals surface area (Å²) >= 11 is 0. The van der Waals surface area contributed by atoms with Gasteiger partial charge in [-0.25, -0.2) is 0 Å². The fourth-order valence-electron chi connectivity index (χ4n) is 2.54. The number of hydrogen-bond acceptors (Lipinski definition) is 3. The zero-order chi connectivity index (χ0) is 13.9. The first-order chi connectivity index (χ1) is 9.74. The first-order valence-electron chi connectivity index (χ1n) is 6.71. The number of hydrogen-bond donors (Lipinski definition) is 2. The maximum atomic E-state index is 12.1. The second-order valence-electron chi connectivity index (χ2n) is 4.94. The summed E-state index contributed by atoms with van der Waals surface area (Å²) in [5, 5.41) is 2.86. The molecule has 0 fully saturated rings. The van der Waals surface area contributed by atoms with Crippen LogP contribution in [0.25, 0.3) is 0 Å². The summed E-state index contributed by atoms with van der Waals surface area (Å²) in [6.45, 7) is 1.24. The number of fused-ring (bicyclic) bond motifs is 1. The third-order valence-electron chi connectivity index (χ3n) is 3.55. The van der Waals surface area contributed by atoms with E-state index in [4.69, 9.17) is 5.73 Å². The lowest BCUT2D eigenvalue weighted by molar-refractivity contribution is -0.114. The highest BCUT2D eigenvalue weighted by atomic mass is 16.2. The number of para-hydroxylation sites is 3. The molecule has 0 aromatic heterocycles. The Morgan fingerprint density at radius 2 is 1.90 bits per heavy atom. The van der Waals surface area contributed by atoms with Crippen LogP contribution in [0.3, 0.4) is 0 Å².